The van der Waals surface area contributed by atoms with Crippen molar-refractivity contribution < 1.29 is 46.8 Å². The Morgan fingerprint density at radius 3 is 2.13 bits per heavy atom. The van der Waals surface area contributed by atoms with Crippen molar-refractivity contribution in [2.45, 2.75) is 47.4 Å². The van der Waals surface area contributed by atoms with Gasteiger partial charge >= 0.3 is 0 Å². The van der Waals surface area contributed by atoms with Crippen molar-refractivity contribution in [3.05, 3.63) is 199 Å². The molecule has 0 N–H and O–H groups in total. The first kappa shape index (κ1) is 29.7. The molecule has 0 bridgehead atoms. The third-order valence-electron chi connectivity index (χ3n) is 10.4. The molecule has 0 aliphatic heterocycles. The van der Waals surface area contributed by atoms with Gasteiger partial charge in [0.25, 0.3) is 6.33 Å². The van der Waals surface area contributed by atoms with Gasteiger partial charge in [-0.1, -0.05) is 155 Å². The molecule has 0 atom stereocenters. The van der Waals surface area contributed by atoms with E-state index in [1.54, 1.807) is 57.8 Å². The number of hydrogen-bond acceptors (Lipinski definition) is 2. The second kappa shape index (κ2) is 17.3. The van der Waals surface area contributed by atoms with E-state index in [1.165, 1.54) is 0 Å². The fourth-order valence-corrected chi connectivity index (χ4v) is 8.02. The first-order valence-electron chi connectivity index (χ1n) is 26.5. The monoisotopic (exact) mass is 1010 g/mol. The first-order valence-corrected chi connectivity index (χ1v) is 20.5. The molecule has 3 heterocycles. The molecule has 0 fully saturated rings. The SMILES string of the molecule is [2H]c1c([2H])c([2H])c(-c2cccc(-c3c([2H])c([2H])c([2H])c([2H])c3[2H])c2-[n+]2[c-]n(-c3[c-]c(Oc4[c-]c5c(cc4)c4ccccc4n5-c4cc(C([2H])([2H])C(C)(C)C)ccn4)ccc3)c3ccc(CC(C)C)cc32)c([2H])c1[2H].[Pt]. The fraction of sp³-hybridized carbons (Fsp3) is 0.158. The Morgan fingerprint density at radius 2 is 1.41 bits per heavy atom. The summed E-state index contributed by atoms with van der Waals surface area (Å²) in [5.41, 5.74) is 4.05. The molecule has 0 saturated carbocycles. The number of benzene rings is 7. The van der Waals surface area contributed by atoms with Gasteiger partial charge in [-0.3, -0.25) is 4.57 Å². The smallest absolute Gasteiger partial charge is 0.268 e. The van der Waals surface area contributed by atoms with Crippen LogP contribution in [0.3, 0.4) is 0 Å². The molecule has 6 heteroatoms. The van der Waals surface area contributed by atoms with Gasteiger partial charge < -0.3 is 13.9 Å². The minimum atomic E-state index is -1.67. The number of hydrogen-bond donors (Lipinski definition) is 0. The first-order chi connectivity index (χ1) is 35.1. The van der Waals surface area contributed by atoms with Crippen molar-refractivity contribution in [2.75, 3.05) is 0 Å². The van der Waals surface area contributed by atoms with Crippen LogP contribution in [0.1, 0.15) is 62.2 Å². The van der Waals surface area contributed by atoms with E-state index < -0.39 is 72.2 Å². The minimum absolute atomic E-state index is 0. The maximum atomic E-state index is 9.10. The van der Waals surface area contributed by atoms with Crippen LogP contribution in [0.4, 0.5) is 0 Å². The van der Waals surface area contributed by atoms with Crippen molar-refractivity contribution in [1.29, 1.82) is 0 Å². The zero-order chi connectivity index (χ0) is 52.9. The van der Waals surface area contributed by atoms with Crippen LogP contribution in [0.2, 0.25) is 0 Å². The predicted molar refractivity (Wildman–Crippen MR) is 253 cm³/mol. The summed E-state index contributed by atoms with van der Waals surface area (Å²) in [6.07, 6.45) is 4.10. The predicted octanol–water partition coefficient (Wildman–Crippen LogP) is 13.7. The van der Waals surface area contributed by atoms with Gasteiger partial charge in [0.15, 0.2) is 0 Å². The second-order valence-electron chi connectivity index (χ2n) is 16.6. The van der Waals surface area contributed by atoms with E-state index in [0.717, 1.165) is 21.9 Å². The van der Waals surface area contributed by atoms with Crippen LogP contribution >= 0.6 is 0 Å². The molecule has 10 rings (SSSR count). The van der Waals surface area contributed by atoms with Gasteiger partial charge in [0.2, 0.25) is 0 Å². The number of pyridine rings is 1. The number of nitrogens with zero attached hydrogens (tertiary/aromatic N) is 4. The molecule has 314 valence electrons. The molecular formula is C57H48N4OPt-2. The van der Waals surface area contributed by atoms with E-state index in [-0.39, 0.29) is 54.9 Å². The van der Waals surface area contributed by atoms with Crippen LogP contribution in [0.25, 0.3) is 72.3 Å². The van der Waals surface area contributed by atoms with Crippen molar-refractivity contribution >= 4 is 32.8 Å². The largest absolute Gasteiger partial charge is 0.510 e. The average molecular weight is 1010 g/mol. The zero-order valence-electron chi connectivity index (χ0n) is 47.2. The summed E-state index contributed by atoms with van der Waals surface area (Å²) >= 11 is 0. The van der Waals surface area contributed by atoms with E-state index in [0.29, 0.717) is 51.5 Å². The molecule has 0 saturated heterocycles. The number of imidazole rings is 1. The third-order valence-corrected chi connectivity index (χ3v) is 10.4. The van der Waals surface area contributed by atoms with Gasteiger partial charge in [0, 0.05) is 47.0 Å². The van der Waals surface area contributed by atoms with E-state index >= 15 is 0 Å². The van der Waals surface area contributed by atoms with Gasteiger partial charge in [-0.25, -0.2) is 4.98 Å². The normalized spacial score (nSPS) is 14.6. The van der Waals surface area contributed by atoms with E-state index in [9.17, 15) is 0 Å². The standard InChI is InChI=1S/C57H48N4O.Pt/c1-39(2)32-40-26-29-52-54(33-40)60(56-47(42-16-8-6-9-17-42)23-15-24-48(56)43-18-10-7-11-19-43)38-59(52)44-20-14-21-45(35-44)62-46-27-28-50-49-22-12-13-25-51(49)61(53(50)36-46)55-34-41(30-31-58-55)37-57(3,4)5;/h6-31,33-34,39H,32,37H2,1-5H3;/q-2;/i6D,7D,8D,9D,10D,11D,16D,17D,18D,19D,37D2;. The van der Waals surface area contributed by atoms with E-state index in [4.69, 9.17) is 26.2 Å². The van der Waals surface area contributed by atoms with Crippen molar-refractivity contribution in [2.24, 2.45) is 11.3 Å². The maximum Gasteiger partial charge on any atom is 0.268 e. The molecule has 0 radical (unpaired) electrons. The summed E-state index contributed by atoms with van der Waals surface area (Å²) < 4.78 is 118. The van der Waals surface area contributed by atoms with Crippen LogP contribution in [0, 0.1) is 29.8 Å². The summed E-state index contributed by atoms with van der Waals surface area (Å²) in [6.45, 7) is 9.79. The molecule has 3 aromatic heterocycles. The Balaban J connectivity index is 0.00000689. The van der Waals surface area contributed by atoms with Crippen LogP contribution in [-0.2, 0) is 33.9 Å². The summed E-state index contributed by atoms with van der Waals surface area (Å²) in [6, 6.07) is 32.7. The van der Waals surface area contributed by atoms with Crippen molar-refractivity contribution in [3.8, 4) is 50.9 Å². The van der Waals surface area contributed by atoms with Gasteiger partial charge in [-0.15, -0.1) is 29.7 Å². The van der Waals surface area contributed by atoms with Gasteiger partial charge in [-0.2, -0.15) is 18.2 Å². The molecule has 10 aromatic rings. The van der Waals surface area contributed by atoms with Crippen molar-refractivity contribution in [1.82, 2.24) is 14.1 Å². The summed E-state index contributed by atoms with van der Waals surface area (Å²) in [4.78, 5) is 4.72. The summed E-state index contributed by atoms with van der Waals surface area (Å²) in [5, 5.41) is 1.84. The Labute approximate surface area is 401 Å². The second-order valence-corrected chi connectivity index (χ2v) is 16.6. The quantitative estimate of drug-likeness (QED) is 0.101. The molecule has 0 unspecified atom stereocenters. The number of ether oxygens (including phenoxy) is 1. The fourth-order valence-electron chi connectivity index (χ4n) is 8.02. The molecule has 5 nitrogen and oxygen atoms in total. The average Bonchev–Trinajstić information content (AvgIpc) is 3.93. The van der Waals surface area contributed by atoms with Gasteiger partial charge in [0.1, 0.15) is 5.82 Å². The summed E-state index contributed by atoms with van der Waals surface area (Å²) in [5.74, 6) is 1.46. The maximum absolute atomic E-state index is 9.10. The number of aromatic nitrogens is 4. The van der Waals surface area contributed by atoms with Crippen LogP contribution in [0.5, 0.6) is 11.5 Å². The van der Waals surface area contributed by atoms with Crippen LogP contribution < -0.4 is 9.30 Å². The topological polar surface area (TPSA) is 35.9 Å². The number of rotatable bonds is 10. The number of fused-ring (bicyclic) bond motifs is 4. The molecular weight excluding hydrogens is 952 g/mol. The van der Waals surface area contributed by atoms with Crippen LogP contribution in [0.15, 0.2) is 170 Å². The summed E-state index contributed by atoms with van der Waals surface area (Å²) in [7, 11) is 0. The molecule has 0 spiro atoms. The zero-order valence-corrected chi connectivity index (χ0v) is 37.5. The molecule has 0 aliphatic rings. The minimum Gasteiger partial charge on any atom is -0.510 e. The molecule has 7 aromatic carbocycles. The molecule has 0 aliphatic carbocycles. The Morgan fingerprint density at radius 1 is 0.714 bits per heavy atom. The Bertz CT molecular complexity index is 3790. The molecule has 0 amide bonds. The van der Waals surface area contributed by atoms with Crippen molar-refractivity contribution in [3.63, 3.8) is 0 Å². The third kappa shape index (κ3) is 8.38. The Hall–Kier alpha value is -6.55. The number of para-hydroxylation sites is 2. The van der Waals surface area contributed by atoms with Crippen LogP contribution in [-0.4, -0.2) is 14.1 Å². The van der Waals surface area contributed by atoms with E-state index in [1.807, 2.05) is 86.0 Å². The van der Waals surface area contributed by atoms with Gasteiger partial charge in [-0.05, 0) is 87.3 Å². The van der Waals surface area contributed by atoms with E-state index in [2.05, 4.69) is 32.3 Å². The Kier molecular flexibility index (Phi) is 8.16. The van der Waals surface area contributed by atoms with Gasteiger partial charge in [0.05, 0.1) is 30.4 Å². The molecule has 63 heavy (non-hydrogen) atoms.